The van der Waals surface area contributed by atoms with Gasteiger partial charge in [0.1, 0.15) is 18.4 Å². The number of nitrogens with one attached hydrogen (secondary N) is 2. The molecule has 0 spiro atoms. The molecular weight excluding hydrogens is 500 g/mol. The highest BCUT2D eigenvalue weighted by atomic mass is 16.5. The third-order valence-corrected chi connectivity index (χ3v) is 7.12. The smallest absolute Gasteiger partial charge is 0.329 e. The van der Waals surface area contributed by atoms with Gasteiger partial charge in [0.25, 0.3) is 5.91 Å². The lowest BCUT2D eigenvalue weighted by atomic mass is 9.94. The zero-order valence-electron chi connectivity index (χ0n) is 23.6. The number of hydrogen-bond donors (Lipinski definition) is 3. The number of esters is 1. The van der Waals surface area contributed by atoms with E-state index >= 15 is 0 Å². The predicted molar refractivity (Wildman–Crippen MR) is 147 cm³/mol. The number of aromatic nitrogens is 1. The number of oxazole rings is 1. The number of allylic oxidation sites excluding steroid dienone is 2. The van der Waals surface area contributed by atoms with Gasteiger partial charge < -0.3 is 29.8 Å². The Hall–Kier alpha value is -3.24. The fraction of sp³-hybridized carbons (Fsp3) is 0.586. The number of cyclic esters (lactones) is 1. The zero-order chi connectivity index (χ0) is 28.5. The molecule has 0 unspecified atom stereocenters. The number of hydrogen-bond acceptors (Lipinski definition) is 8. The van der Waals surface area contributed by atoms with Crippen molar-refractivity contribution < 1.29 is 28.6 Å². The van der Waals surface area contributed by atoms with Crippen LogP contribution in [0, 0.1) is 11.8 Å². The SMILES string of the molecule is CN[C@H]1Cc2nc(co2)C(=O)N2CCC[C@@H]2C(=O)O[C@H](C(C)C)[C@H](C)/C=C/C(=O)NC/C=C/C(C)=C/[C@@H](O)C1. The van der Waals surface area contributed by atoms with Gasteiger partial charge in [-0.2, -0.15) is 0 Å². The van der Waals surface area contributed by atoms with Crippen LogP contribution in [-0.2, 0) is 20.7 Å². The highest BCUT2D eigenvalue weighted by Gasteiger charge is 2.38. The molecule has 1 saturated heterocycles. The van der Waals surface area contributed by atoms with Crippen molar-refractivity contribution in [2.24, 2.45) is 11.8 Å². The van der Waals surface area contributed by atoms with Crippen molar-refractivity contribution in [3.8, 4) is 0 Å². The second kappa shape index (κ2) is 14.2. The molecule has 1 aromatic rings. The fourth-order valence-electron chi connectivity index (χ4n) is 5.01. The van der Waals surface area contributed by atoms with E-state index in [4.69, 9.17) is 9.15 Å². The van der Waals surface area contributed by atoms with Crippen LogP contribution in [0.2, 0.25) is 0 Å². The van der Waals surface area contributed by atoms with E-state index in [0.717, 1.165) is 5.57 Å². The summed E-state index contributed by atoms with van der Waals surface area (Å²) in [5, 5.41) is 16.5. The molecule has 3 rings (SSSR count). The summed E-state index contributed by atoms with van der Waals surface area (Å²) in [5.41, 5.74) is 1.00. The zero-order valence-corrected chi connectivity index (χ0v) is 23.6. The maximum absolute atomic E-state index is 13.3. The van der Waals surface area contributed by atoms with Gasteiger partial charge in [-0.25, -0.2) is 9.78 Å². The first-order chi connectivity index (χ1) is 18.6. The van der Waals surface area contributed by atoms with Crippen LogP contribution >= 0.6 is 0 Å². The molecule has 1 fully saturated rings. The van der Waals surface area contributed by atoms with Gasteiger partial charge in [-0.15, -0.1) is 0 Å². The first-order valence-corrected chi connectivity index (χ1v) is 13.7. The minimum atomic E-state index is -0.714. The molecule has 0 radical (unpaired) electrons. The highest BCUT2D eigenvalue weighted by molar-refractivity contribution is 5.95. The second-order valence-corrected chi connectivity index (χ2v) is 10.7. The Balaban J connectivity index is 1.87. The van der Waals surface area contributed by atoms with Crippen molar-refractivity contribution >= 4 is 17.8 Å². The number of aliphatic hydroxyl groups excluding tert-OH is 1. The molecule has 10 heteroatoms. The molecule has 3 heterocycles. The molecule has 0 saturated carbocycles. The normalized spacial score (nSPS) is 31.2. The predicted octanol–water partition coefficient (Wildman–Crippen LogP) is 2.55. The fourth-order valence-corrected chi connectivity index (χ4v) is 5.01. The van der Waals surface area contributed by atoms with Gasteiger partial charge in [0.2, 0.25) is 5.91 Å². The third kappa shape index (κ3) is 8.63. The van der Waals surface area contributed by atoms with E-state index in [1.165, 1.54) is 17.2 Å². The molecular formula is C29H42N4O6. The molecule has 10 nitrogen and oxygen atoms in total. The van der Waals surface area contributed by atoms with Crippen molar-refractivity contribution in [1.29, 1.82) is 0 Å². The molecule has 2 aliphatic heterocycles. The monoisotopic (exact) mass is 542 g/mol. The second-order valence-electron chi connectivity index (χ2n) is 10.7. The highest BCUT2D eigenvalue weighted by Crippen LogP contribution is 2.25. The van der Waals surface area contributed by atoms with Gasteiger partial charge in [-0.05, 0) is 45.2 Å². The minimum absolute atomic E-state index is 0.00274. The molecule has 39 heavy (non-hydrogen) atoms. The number of amides is 2. The van der Waals surface area contributed by atoms with E-state index in [0.29, 0.717) is 44.7 Å². The van der Waals surface area contributed by atoms with Crippen LogP contribution in [0.15, 0.2) is 46.6 Å². The lowest BCUT2D eigenvalue weighted by Gasteiger charge is -2.29. The number of likely N-dealkylation sites (N-methyl/N-ethyl adjacent to an activating group) is 1. The van der Waals surface area contributed by atoms with Gasteiger partial charge in [0.15, 0.2) is 11.6 Å². The molecule has 0 aliphatic carbocycles. The van der Waals surface area contributed by atoms with Crippen molar-refractivity contribution in [2.45, 2.75) is 77.7 Å². The average molecular weight is 543 g/mol. The summed E-state index contributed by atoms with van der Waals surface area (Å²) in [6.07, 6.45) is 10.7. The Morgan fingerprint density at radius 2 is 2.00 bits per heavy atom. The topological polar surface area (TPSA) is 134 Å². The van der Waals surface area contributed by atoms with Crippen LogP contribution in [0.3, 0.4) is 0 Å². The summed E-state index contributed by atoms with van der Waals surface area (Å²) in [7, 11) is 1.79. The molecule has 2 bridgehead atoms. The summed E-state index contributed by atoms with van der Waals surface area (Å²) in [5.74, 6) is -0.922. The quantitative estimate of drug-likeness (QED) is 0.486. The lowest BCUT2D eigenvalue weighted by molar-refractivity contribution is -0.158. The number of rotatable bonds is 2. The Kier molecular flexibility index (Phi) is 11.1. The average Bonchev–Trinajstić information content (AvgIpc) is 3.57. The molecule has 3 N–H and O–H groups in total. The number of ether oxygens (including phenoxy) is 1. The van der Waals surface area contributed by atoms with Crippen LogP contribution in [-0.4, -0.2) is 77.2 Å². The van der Waals surface area contributed by atoms with Gasteiger partial charge in [-0.3, -0.25) is 9.59 Å². The maximum atomic E-state index is 13.3. The Labute approximate surface area is 230 Å². The molecule has 214 valence electrons. The van der Waals surface area contributed by atoms with Crippen LogP contribution in [0.25, 0.3) is 0 Å². The summed E-state index contributed by atoms with van der Waals surface area (Å²) in [6.45, 7) is 8.45. The van der Waals surface area contributed by atoms with Crippen molar-refractivity contribution in [3.63, 3.8) is 0 Å². The largest absolute Gasteiger partial charge is 0.460 e. The standard InChI is InChI=1S/C29H42N4O6/c1-18(2)27-20(4)10-11-25(35)31-12-6-8-19(3)14-22(34)15-21(30-5)16-26-32-23(17-38-26)28(36)33-13-7-9-24(33)29(37)39-27/h6,8,10-11,14,17-18,20-22,24,27,30,34H,7,9,12-13,15-16H2,1-5H3,(H,31,35)/b8-6+,11-10+,19-14+/t20-,21-,22-,24-,27-/m1/s1. The van der Waals surface area contributed by atoms with Crippen molar-refractivity contribution in [1.82, 2.24) is 20.5 Å². The van der Waals surface area contributed by atoms with E-state index in [1.54, 1.807) is 19.2 Å². The molecule has 1 aromatic heterocycles. The van der Waals surface area contributed by atoms with Crippen LogP contribution in [0.5, 0.6) is 0 Å². The van der Waals surface area contributed by atoms with Gasteiger partial charge >= 0.3 is 5.97 Å². The lowest BCUT2D eigenvalue weighted by Crippen LogP contribution is -2.44. The van der Waals surface area contributed by atoms with Gasteiger partial charge in [0, 0.05) is 31.5 Å². The van der Waals surface area contributed by atoms with Crippen LogP contribution in [0.4, 0.5) is 0 Å². The third-order valence-electron chi connectivity index (χ3n) is 7.12. The summed E-state index contributed by atoms with van der Waals surface area (Å²) in [6, 6.07) is -0.853. The molecule has 2 amide bonds. The number of fused-ring (bicyclic) bond motifs is 3. The van der Waals surface area contributed by atoms with Crippen LogP contribution < -0.4 is 10.6 Å². The summed E-state index contributed by atoms with van der Waals surface area (Å²) in [4.78, 5) is 44.8. The van der Waals surface area contributed by atoms with E-state index in [1.807, 2.05) is 39.8 Å². The number of aliphatic hydroxyl groups is 1. The van der Waals surface area contributed by atoms with E-state index < -0.39 is 24.2 Å². The first-order valence-electron chi connectivity index (χ1n) is 13.7. The van der Waals surface area contributed by atoms with E-state index in [9.17, 15) is 19.5 Å². The molecule has 0 aromatic carbocycles. The Bertz CT molecular complexity index is 1090. The summed E-state index contributed by atoms with van der Waals surface area (Å²) < 4.78 is 11.5. The number of carbonyl (C=O) groups excluding carboxylic acids is 3. The maximum Gasteiger partial charge on any atom is 0.329 e. The number of nitrogens with zero attached hydrogens (tertiary/aromatic N) is 2. The summed E-state index contributed by atoms with van der Waals surface area (Å²) >= 11 is 0. The van der Waals surface area contributed by atoms with Crippen LogP contribution in [0.1, 0.15) is 63.3 Å². The van der Waals surface area contributed by atoms with E-state index in [2.05, 4.69) is 15.6 Å². The molecule has 5 atom stereocenters. The number of carbonyl (C=O) groups is 3. The van der Waals surface area contributed by atoms with E-state index in [-0.39, 0.29) is 35.4 Å². The van der Waals surface area contributed by atoms with Gasteiger partial charge in [0.05, 0.1) is 6.10 Å². The van der Waals surface area contributed by atoms with Gasteiger partial charge in [-0.1, -0.05) is 50.6 Å². The molecule has 2 aliphatic rings. The Morgan fingerprint density at radius 1 is 1.23 bits per heavy atom. The minimum Gasteiger partial charge on any atom is -0.460 e. The van der Waals surface area contributed by atoms with Crippen molar-refractivity contribution in [2.75, 3.05) is 20.1 Å². The Morgan fingerprint density at radius 3 is 2.72 bits per heavy atom. The van der Waals surface area contributed by atoms with Crippen molar-refractivity contribution in [3.05, 3.63) is 53.8 Å². The first kappa shape index (κ1) is 30.3.